The Morgan fingerprint density at radius 3 is 2.63 bits per heavy atom. The lowest BCUT2D eigenvalue weighted by molar-refractivity contribution is -0.149. The summed E-state index contributed by atoms with van der Waals surface area (Å²) in [5.74, 6) is -0.335. The van der Waals surface area contributed by atoms with E-state index in [1.807, 2.05) is 19.1 Å². The first-order valence-corrected chi connectivity index (χ1v) is 10.7. The Bertz CT molecular complexity index is 802. The quantitative estimate of drug-likeness (QED) is 0.491. The van der Waals surface area contributed by atoms with Crippen LogP contribution < -0.4 is 4.74 Å². The summed E-state index contributed by atoms with van der Waals surface area (Å²) in [7, 11) is -3.09. The van der Waals surface area contributed by atoms with Crippen LogP contribution in [0.3, 0.4) is 0 Å². The Morgan fingerprint density at radius 1 is 1.26 bits per heavy atom. The number of carbonyl (C=O) groups excluding carboxylic acids is 2. The van der Waals surface area contributed by atoms with Gasteiger partial charge in [0.1, 0.15) is 5.75 Å². The highest BCUT2D eigenvalue weighted by Crippen LogP contribution is 2.20. The fraction of sp³-hybridized carbons (Fsp3) is 0.474. The maximum Gasteiger partial charge on any atom is 0.331 e. The number of hydrogen-bond donors (Lipinski definition) is 0. The molecular weight excluding hydrogens is 370 g/mol. The molecule has 1 aliphatic rings. The van der Waals surface area contributed by atoms with Crippen molar-refractivity contribution in [1.82, 2.24) is 4.90 Å². The zero-order valence-electron chi connectivity index (χ0n) is 15.6. The molecule has 1 heterocycles. The van der Waals surface area contributed by atoms with E-state index in [0.717, 1.165) is 5.56 Å². The number of carbonyl (C=O) groups is 2. The summed E-state index contributed by atoms with van der Waals surface area (Å²) in [6, 6.07) is 6.92. The number of para-hydroxylation sites is 1. The molecule has 148 valence electrons. The first kappa shape index (κ1) is 21.0. The van der Waals surface area contributed by atoms with Crippen molar-refractivity contribution >= 4 is 27.8 Å². The van der Waals surface area contributed by atoms with E-state index >= 15 is 0 Å². The number of ether oxygens (including phenoxy) is 2. The minimum atomic E-state index is -3.09. The predicted octanol–water partition coefficient (Wildman–Crippen LogP) is 1.68. The Hall–Kier alpha value is -2.35. The molecule has 0 aromatic heterocycles. The number of amides is 1. The lowest BCUT2D eigenvalue weighted by Gasteiger charge is -2.26. The molecule has 1 fully saturated rings. The van der Waals surface area contributed by atoms with E-state index < -0.39 is 28.3 Å². The fourth-order valence-corrected chi connectivity index (χ4v) is 4.72. The molecule has 0 N–H and O–H groups in total. The molecule has 1 aromatic carbocycles. The molecule has 7 nitrogen and oxygen atoms in total. The highest BCUT2D eigenvalue weighted by molar-refractivity contribution is 7.91. The molecule has 0 unspecified atom stereocenters. The summed E-state index contributed by atoms with van der Waals surface area (Å²) < 4.78 is 33.7. The normalized spacial score (nSPS) is 18.4. The molecule has 1 saturated heterocycles. The summed E-state index contributed by atoms with van der Waals surface area (Å²) >= 11 is 0. The smallest absolute Gasteiger partial charge is 0.331 e. The third-order valence-electron chi connectivity index (χ3n) is 4.27. The molecule has 1 atom stereocenters. The molecule has 0 saturated carbocycles. The van der Waals surface area contributed by atoms with Gasteiger partial charge in [-0.25, -0.2) is 13.2 Å². The van der Waals surface area contributed by atoms with Crippen LogP contribution in [-0.4, -0.2) is 62.5 Å². The second-order valence-electron chi connectivity index (χ2n) is 6.15. The van der Waals surface area contributed by atoms with Gasteiger partial charge >= 0.3 is 5.97 Å². The monoisotopic (exact) mass is 395 g/mol. The van der Waals surface area contributed by atoms with E-state index in [-0.39, 0.29) is 17.5 Å². The number of rotatable bonds is 8. The van der Waals surface area contributed by atoms with Gasteiger partial charge in [0.15, 0.2) is 16.4 Å². The topological polar surface area (TPSA) is 90.0 Å². The van der Waals surface area contributed by atoms with Crippen molar-refractivity contribution < 1.29 is 27.5 Å². The van der Waals surface area contributed by atoms with Crippen molar-refractivity contribution in [3.8, 4) is 5.75 Å². The number of benzene rings is 1. The number of esters is 1. The van der Waals surface area contributed by atoms with Crippen LogP contribution in [0.25, 0.3) is 6.08 Å². The maximum atomic E-state index is 12.3. The zero-order chi connectivity index (χ0) is 19.9. The van der Waals surface area contributed by atoms with Gasteiger partial charge in [-0.15, -0.1) is 0 Å². The van der Waals surface area contributed by atoms with Crippen LogP contribution >= 0.6 is 0 Å². The average Bonchev–Trinajstić information content (AvgIpc) is 2.99. The molecule has 0 spiro atoms. The molecule has 1 aromatic rings. The minimum absolute atomic E-state index is 0.0331. The Morgan fingerprint density at radius 2 is 2.00 bits per heavy atom. The standard InChI is InChI=1S/C19H25NO6S/c1-3-20(16-11-12-27(23,24)14-16)18(21)13-26-19(22)10-9-15-7-5-6-8-17(15)25-4-2/h5-10,16H,3-4,11-14H2,1-2H3/b10-9+/t16-/m0/s1. The number of nitrogens with zero attached hydrogens (tertiary/aromatic N) is 1. The third kappa shape index (κ3) is 6.09. The molecule has 0 bridgehead atoms. The van der Waals surface area contributed by atoms with Crippen LogP contribution in [0.2, 0.25) is 0 Å². The summed E-state index contributed by atoms with van der Waals surface area (Å²) in [4.78, 5) is 25.7. The minimum Gasteiger partial charge on any atom is -0.493 e. The number of hydrogen-bond acceptors (Lipinski definition) is 6. The van der Waals surface area contributed by atoms with Gasteiger partial charge < -0.3 is 14.4 Å². The van der Waals surface area contributed by atoms with Crippen molar-refractivity contribution in [1.29, 1.82) is 0 Å². The van der Waals surface area contributed by atoms with Gasteiger partial charge in [0.25, 0.3) is 5.91 Å². The number of sulfone groups is 1. The van der Waals surface area contributed by atoms with Crippen LogP contribution in [0.15, 0.2) is 30.3 Å². The van der Waals surface area contributed by atoms with Gasteiger partial charge in [0.05, 0.1) is 18.1 Å². The van der Waals surface area contributed by atoms with Crippen LogP contribution in [0, 0.1) is 0 Å². The SMILES string of the molecule is CCOc1ccccc1/C=C/C(=O)OCC(=O)N(CC)[C@H]1CCS(=O)(=O)C1. The van der Waals surface area contributed by atoms with Crippen molar-refractivity contribution in [2.75, 3.05) is 31.3 Å². The van der Waals surface area contributed by atoms with E-state index in [9.17, 15) is 18.0 Å². The molecule has 27 heavy (non-hydrogen) atoms. The van der Waals surface area contributed by atoms with Crippen LogP contribution in [0.4, 0.5) is 0 Å². The first-order chi connectivity index (χ1) is 12.9. The summed E-state index contributed by atoms with van der Waals surface area (Å²) in [5, 5.41) is 0. The Labute approximate surface area is 159 Å². The molecule has 8 heteroatoms. The maximum absolute atomic E-state index is 12.3. The van der Waals surface area contributed by atoms with E-state index in [4.69, 9.17) is 9.47 Å². The average molecular weight is 395 g/mol. The van der Waals surface area contributed by atoms with E-state index in [1.54, 1.807) is 25.1 Å². The largest absolute Gasteiger partial charge is 0.493 e. The molecule has 1 aliphatic heterocycles. The van der Waals surface area contributed by atoms with Gasteiger partial charge in [0, 0.05) is 24.2 Å². The van der Waals surface area contributed by atoms with Crippen LogP contribution in [0.5, 0.6) is 5.75 Å². The van der Waals surface area contributed by atoms with E-state index in [0.29, 0.717) is 25.3 Å². The van der Waals surface area contributed by atoms with Crippen LogP contribution in [0.1, 0.15) is 25.8 Å². The fourth-order valence-electron chi connectivity index (χ4n) is 2.99. The van der Waals surface area contributed by atoms with Crippen molar-refractivity contribution in [2.45, 2.75) is 26.3 Å². The number of likely N-dealkylation sites (N-methyl/N-ethyl adjacent to an activating group) is 1. The molecular formula is C19H25NO6S. The summed E-state index contributed by atoms with van der Waals surface area (Å²) in [6.07, 6.45) is 3.23. The Kier molecular flexibility index (Phi) is 7.41. The van der Waals surface area contributed by atoms with Gasteiger partial charge in [-0.05, 0) is 32.4 Å². The molecule has 0 aliphatic carbocycles. The van der Waals surface area contributed by atoms with Gasteiger partial charge in [-0.3, -0.25) is 4.79 Å². The van der Waals surface area contributed by atoms with Gasteiger partial charge in [-0.2, -0.15) is 0 Å². The van der Waals surface area contributed by atoms with Crippen molar-refractivity contribution in [3.05, 3.63) is 35.9 Å². The second kappa shape index (κ2) is 9.55. The summed E-state index contributed by atoms with van der Waals surface area (Å²) in [5.41, 5.74) is 0.731. The third-order valence-corrected chi connectivity index (χ3v) is 6.02. The second-order valence-corrected chi connectivity index (χ2v) is 8.38. The van der Waals surface area contributed by atoms with Gasteiger partial charge in [-0.1, -0.05) is 18.2 Å². The predicted molar refractivity (Wildman–Crippen MR) is 102 cm³/mol. The highest BCUT2D eigenvalue weighted by Gasteiger charge is 2.34. The Balaban J connectivity index is 1.90. The highest BCUT2D eigenvalue weighted by atomic mass is 32.2. The zero-order valence-corrected chi connectivity index (χ0v) is 16.4. The first-order valence-electron chi connectivity index (χ1n) is 8.92. The molecule has 1 amide bonds. The van der Waals surface area contributed by atoms with Crippen LogP contribution in [-0.2, 0) is 24.2 Å². The molecule has 2 rings (SSSR count). The van der Waals surface area contributed by atoms with Crippen molar-refractivity contribution in [2.24, 2.45) is 0 Å². The molecule has 0 radical (unpaired) electrons. The lowest BCUT2D eigenvalue weighted by atomic mass is 10.2. The summed E-state index contributed by atoms with van der Waals surface area (Å²) in [6.45, 7) is 4.10. The van der Waals surface area contributed by atoms with Crippen molar-refractivity contribution in [3.63, 3.8) is 0 Å². The van der Waals surface area contributed by atoms with E-state index in [2.05, 4.69) is 0 Å². The van der Waals surface area contributed by atoms with E-state index in [1.165, 1.54) is 11.0 Å². The lowest BCUT2D eigenvalue weighted by Crippen LogP contribution is -2.43. The van der Waals surface area contributed by atoms with Gasteiger partial charge in [0.2, 0.25) is 0 Å².